The van der Waals surface area contributed by atoms with Gasteiger partial charge in [0.15, 0.2) is 0 Å². The van der Waals surface area contributed by atoms with Crippen LogP contribution in [0.4, 0.5) is 0 Å². The molecule has 1 aliphatic carbocycles. The number of nitrogens with zero attached hydrogens (tertiary/aromatic N) is 3. The van der Waals surface area contributed by atoms with Crippen molar-refractivity contribution in [1.29, 1.82) is 0 Å². The zero-order valence-corrected chi connectivity index (χ0v) is 15.9. The van der Waals surface area contributed by atoms with Crippen molar-refractivity contribution < 1.29 is 14.4 Å². The molecule has 4 aliphatic rings. The monoisotopic (exact) mass is 386 g/mol. The lowest BCUT2D eigenvalue weighted by Gasteiger charge is -2.51. The minimum absolute atomic E-state index is 0.0477. The van der Waals surface area contributed by atoms with E-state index in [1.807, 2.05) is 4.90 Å². The molecule has 1 unspecified atom stereocenters. The lowest BCUT2D eigenvalue weighted by Crippen LogP contribution is -2.63. The second-order valence-electron chi connectivity index (χ2n) is 8.35. The topological polar surface area (TPSA) is 110 Å². The Morgan fingerprint density at radius 3 is 2.64 bits per heavy atom. The van der Waals surface area contributed by atoms with Crippen molar-refractivity contribution in [2.75, 3.05) is 32.7 Å². The summed E-state index contributed by atoms with van der Waals surface area (Å²) in [4.78, 5) is 49.2. The van der Waals surface area contributed by atoms with Crippen LogP contribution in [0.15, 0.2) is 6.33 Å². The van der Waals surface area contributed by atoms with Crippen LogP contribution >= 0.6 is 0 Å². The number of carbonyl (C=O) groups is 3. The Morgan fingerprint density at radius 2 is 1.93 bits per heavy atom. The maximum Gasteiger partial charge on any atom is 0.246 e. The zero-order valence-electron chi connectivity index (χ0n) is 15.9. The second-order valence-corrected chi connectivity index (χ2v) is 8.35. The molecule has 9 heteroatoms. The first kappa shape index (κ1) is 17.7. The number of aromatic nitrogens is 2. The summed E-state index contributed by atoms with van der Waals surface area (Å²) in [6.45, 7) is 2.55. The van der Waals surface area contributed by atoms with Crippen LogP contribution in [0.3, 0.4) is 0 Å². The fourth-order valence-corrected chi connectivity index (χ4v) is 4.95. The molecule has 3 amide bonds. The van der Waals surface area contributed by atoms with Gasteiger partial charge in [-0.1, -0.05) is 0 Å². The highest BCUT2D eigenvalue weighted by atomic mass is 16.2. The average molecular weight is 386 g/mol. The summed E-state index contributed by atoms with van der Waals surface area (Å²) in [5, 5.41) is 5.76. The van der Waals surface area contributed by atoms with Crippen molar-refractivity contribution >= 4 is 17.7 Å². The van der Waals surface area contributed by atoms with Gasteiger partial charge in [0.25, 0.3) is 0 Å². The first-order valence-corrected chi connectivity index (χ1v) is 10.2. The Hall–Kier alpha value is -2.42. The van der Waals surface area contributed by atoms with Gasteiger partial charge in [0.2, 0.25) is 17.7 Å². The summed E-state index contributed by atoms with van der Waals surface area (Å²) < 4.78 is 0. The molecule has 1 saturated carbocycles. The van der Waals surface area contributed by atoms with Crippen molar-refractivity contribution in [3.8, 4) is 0 Å². The van der Waals surface area contributed by atoms with Crippen LogP contribution in [0.2, 0.25) is 0 Å². The number of rotatable bonds is 2. The quantitative estimate of drug-likeness (QED) is 0.611. The Bertz CT molecular complexity index is 808. The molecule has 4 heterocycles. The molecular weight excluding hydrogens is 360 g/mol. The Labute approximate surface area is 163 Å². The van der Waals surface area contributed by atoms with Gasteiger partial charge in [-0.25, -0.2) is 4.98 Å². The molecule has 28 heavy (non-hydrogen) atoms. The highest BCUT2D eigenvalue weighted by Gasteiger charge is 2.51. The smallest absolute Gasteiger partial charge is 0.246 e. The van der Waals surface area contributed by atoms with E-state index in [1.54, 1.807) is 6.33 Å². The molecular formula is C19H26N6O3. The van der Waals surface area contributed by atoms with Gasteiger partial charge < -0.3 is 25.4 Å². The van der Waals surface area contributed by atoms with Gasteiger partial charge in [0, 0.05) is 44.2 Å². The molecule has 3 aliphatic heterocycles. The van der Waals surface area contributed by atoms with E-state index < -0.39 is 11.6 Å². The summed E-state index contributed by atoms with van der Waals surface area (Å²) >= 11 is 0. The van der Waals surface area contributed by atoms with Crippen LogP contribution in [0, 0.1) is 5.92 Å². The van der Waals surface area contributed by atoms with Gasteiger partial charge in [-0.3, -0.25) is 14.4 Å². The predicted octanol–water partition coefficient (Wildman–Crippen LogP) is -0.890. The number of fused-ring (bicyclic) bond motifs is 2. The summed E-state index contributed by atoms with van der Waals surface area (Å²) in [7, 11) is 0. The zero-order chi connectivity index (χ0) is 19.3. The number of amides is 3. The number of likely N-dealkylation sites (tertiary alicyclic amines) is 1. The third kappa shape index (κ3) is 2.80. The van der Waals surface area contributed by atoms with Gasteiger partial charge in [-0.05, 0) is 25.7 Å². The maximum atomic E-state index is 13.0. The first-order chi connectivity index (χ1) is 13.6. The number of piperazine rings is 1. The maximum absolute atomic E-state index is 13.0. The van der Waals surface area contributed by atoms with Crippen LogP contribution in [0.5, 0.6) is 0 Å². The fourth-order valence-electron chi connectivity index (χ4n) is 4.95. The largest absolute Gasteiger partial charge is 0.348 e. The molecule has 0 bridgehead atoms. The van der Waals surface area contributed by atoms with E-state index in [0.29, 0.717) is 39.0 Å². The summed E-state index contributed by atoms with van der Waals surface area (Å²) in [5.41, 5.74) is 1.67. The molecule has 1 aromatic heterocycles. The predicted molar refractivity (Wildman–Crippen MR) is 99.0 cm³/mol. The number of hydrogen-bond acceptors (Lipinski definition) is 5. The highest BCUT2D eigenvalue weighted by Crippen LogP contribution is 2.45. The molecule has 3 N–H and O–H groups in total. The minimum atomic E-state index is -0.508. The second kappa shape index (κ2) is 6.58. The number of carbonyl (C=O) groups excluding carboxylic acids is 3. The van der Waals surface area contributed by atoms with Crippen LogP contribution in [-0.2, 0) is 26.3 Å². The molecule has 1 aromatic rings. The van der Waals surface area contributed by atoms with Gasteiger partial charge in [-0.2, -0.15) is 0 Å². The molecule has 150 valence electrons. The van der Waals surface area contributed by atoms with E-state index in [4.69, 9.17) is 0 Å². The SMILES string of the molecule is O=C1CNCC(C(=O)N2CCC3(CC2)c2nc[nH]c2CCN3C(=O)C2CC2)N1. The number of piperidine rings is 1. The van der Waals surface area contributed by atoms with Crippen molar-refractivity contribution in [1.82, 2.24) is 30.4 Å². The average Bonchev–Trinajstić information content (AvgIpc) is 3.45. The number of hydrogen-bond donors (Lipinski definition) is 3. The van der Waals surface area contributed by atoms with Gasteiger partial charge in [0.1, 0.15) is 6.04 Å². The number of imidazole rings is 1. The fraction of sp³-hybridized carbons (Fsp3) is 0.684. The van der Waals surface area contributed by atoms with Gasteiger partial charge in [-0.15, -0.1) is 0 Å². The van der Waals surface area contributed by atoms with E-state index in [2.05, 4.69) is 25.5 Å². The summed E-state index contributed by atoms with van der Waals surface area (Å²) in [6, 6.07) is -0.508. The minimum Gasteiger partial charge on any atom is -0.348 e. The van der Waals surface area contributed by atoms with Crippen LogP contribution < -0.4 is 10.6 Å². The van der Waals surface area contributed by atoms with Crippen molar-refractivity contribution in [2.24, 2.45) is 5.92 Å². The molecule has 0 aromatic carbocycles. The summed E-state index contributed by atoms with van der Waals surface area (Å²) in [6.07, 6.45) is 5.86. The normalized spacial score (nSPS) is 26.7. The van der Waals surface area contributed by atoms with Gasteiger partial charge in [0.05, 0.1) is 24.1 Å². The van der Waals surface area contributed by atoms with Crippen LogP contribution in [0.25, 0.3) is 0 Å². The number of H-pyrrole nitrogens is 1. The third-order valence-electron chi connectivity index (χ3n) is 6.62. The lowest BCUT2D eigenvalue weighted by molar-refractivity contribution is -0.147. The molecule has 2 saturated heterocycles. The molecule has 1 spiro atoms. The molecule has 9 nitrogen and oxygen atoms in total. The van der Waals surface area contributed by atoms with Gasteiger partial charge >= 0.3 is 0 Å². The number of aromatic amines is 1. The molecule has 3 fully saturated rings. The number of nitrogens with one attached hydrogen (secondary N) is 3. The van der Waals surface area contributed by atoms with Crippen LogP contribution in [-0.4, -0.2) is 76.3 Å². The molecule has 0 radical (unpaired) electrons. The highest BCUT2D eigenvalue weighted by molar-refractivity contribution is 5.90. The van der Waals surface area contributed by atoms with E-state index in [-0.39, 0.29) is 30.2 Å². The van der Waals surface area contributed by atoms with E-state index >= 15 is 0 Å². The van der Waals surface area contributed by atoms with Crippen molar-refractivity contribution in [2.45, 2.75) is 43.7 Å². The van der Waals surface area contributed by atoms with Crippen molar-refractivity contribution in [3.63, 3.8) is 0 Å². The van der Waals surface area contributed by atoms with E-state index in [9.17, 15) is 14.4 Å². The third-order valence-corrected chi connectivity index (χ3v) is 6.62. The van der Waals surface area contributed by atoms with Crippen molar-refractivity contribution in [3.05, 3.63) is 17.7 Å². The Morgan fingerprint density at radius 1 is 1.14 bits per heavy atom. The first-order valence-electron chi connectivity index (χ1n) is 10.2. The standard InChI is InChI=1S/C19H26N6O3/c26-15-10-20-9-14(23-15)18(28)24-7-4-19(5-8-24)16-13(21-11-22-16)3-6-25(19)17(27)12-1-2-12/h11-12,14,20H,1-10H2,(H,21,22)(H,23,26). The Balaban J connectivity index is 1.36. The Kier molecular flexibility index (Phi) is 4.15. The summed E-state index contributed by atoms with van der Waals surface area (Å²) in [5.74, 6) is 0.221. The van der Waals surface area contributed by atoms with E-state index in [0.717, 1.165) is 30.7 Å². The molecule has 1 atom stereocenters. The molecule has 5 rings (SSSR count). The lowest BCUT2D eigenvalue weighted by atomic mass is 9.78. The van der Waals surface area contributed by atoms with E-state index in [1.165, 1.54) is 0 Å². The van der Waals surface area contributed by atoms with Crippen LogP contribution in [0.1, 0.15) is 37.1 Å².